The van der Waals surface area contributed by atoms with Crippen molar-refractivity contribution >= 4 is 0 Å². The zero-order valence-corrected chi connectivity index (χ0v) is 18.7. The van der Waals surface area contributed by atoms with Crippen LogP contribution in [0.4, 0.5) is 0 Å². The van der Waals surface area contributed by atoms with Crippen LogP contribution in [-0.2, 0) is 27.2 Å². The van der Waals surface area contributed by atoms with E-state index >= 15 is 0 Å². The fourth-order valence-electron chi connectivity index (χ4n) is 2.33. The number of aromatic nitrogens is 4. The highest BCUT2D eigenvalue weighted by atomic mass is 16.9. The molecule has 0 amide bonds. The molecule has 0 spiro atoms. The molecule has 0 saturated heterocycles. The van der Waals surface area contributed by atoms with Crippen molar-refractivity contribution in [2.75, 3.05) is 0 Å². The van der Waals surface area contributed by atoms with E-state index in [1.165, 1.54) is 37.3 Å². The summed E-state index contributed by atoms with van der Waals surface area (Å²) in [6.07, 6.45) is 13.6. The van der Waals surface area contributed by atoms with E-state index in [0.29, 0.717) is 0 Å². The van der Waals surface area contributed by atoms with E-state index in [1.807, 2.05) is 0 Å². The molecule has 0 aliphatic heterocycles. The van der Waals surface area contributed by atoms with Gasteiger partial charge in [-0.25, -0.2) is 18.3 Å². The van der Waals surface area contributed by atoms with Crippen LogP contribution in [0.1, 0.15) is 51.2 Å². The molecule has 0 fully saturated rings. The van der Waals surface area contributed by atoms with Gasteiger partial charge in [0.1, 0.15) is 24.8 Å². The molecule has 0 atom stereocenters. The van der Waals surface area contributed by atoms with E-state index in [4.69, 9.17) is 30.6 Å². The number of hydrogen-bond acceptors (Lipinski definition) is 6. The molecule has 172 valence electrons. The normalized spacial score (nSPS) is 9.27. The van der Waals surface area contributed by atoms with Crippen LogP contribution in [0.2, 0.25) is 0 Å². The summed E-state index contributed by atoms with van der Waals surface area (Å²) in [6.45, 7) is 11.1. The first kappa shape index (κ1) is 29.0. The van der Waals surface area contributed by atoms with Crippen molar-refractivity contribution in [1.29, 1.82) is 0 Å². The maximum atomic E-state index is 8.25. The summed E-state index contributed by atoms with van der Waals surface area (Å²) in [5.41, 5.74) is 0. The third-order valence-corrected chi connectivity index (χ3v) is 4.30. The number of aryl methyl sites for hydroxylation is 4. The summed E-state index contributed by atoms with van der Waals surface area (Å²) in [4.78, 5) is 16.5. The van der Waals surface area contributed by atoms with Crippen LogP contribution in [0.25, 0.3) is 0 Å². The zero-order valence-electron chi connectivity index (χ0n) is 18.7. The van der Waals surface area contributed by atoms with E-state index in [-0.39, 0.29) is 0 Å². The second-order valence-corrected chi connectivity index (χ2v) is 6.45. The molecule has 12 heteroatoms. The van der Waals surface area contributed by atoms with Gasteiger partial charge in [-0.05, 0) is 12.8 Å². The minimum atomic E-state index is -1.75. The Labute approximate surface area is 176 Å². The lowest BCUT2D eigenvalue weighted by molar-refractivity contribution is -0.677. The smallest absolute Gasteiger partial charge is 0.253 e. The van der Waals surface area contributed by atoms with Gasteiger partial charge in [-0.15, -0.1) is 0 Å². The highest BCUT2D eigenvalue weighted by Gasteiger charge is 2.07. The van der Waals surface area contributed by atoms with E-state index in [2.05, 4.69) is 84.8 Å². The van der Waals surface area contributed by atoms with Gasteiger partial charge in [-0.1, -0.05) is 26.7 Å². The summed E-state index contributed by atoms with van der Waals surface area (Å²) >= 11 is 0. The molecule has 0 aliphatic rings. The lowest BCUT2D eigenvalue weighted by Gasteiger charge is -1.95. The van der Waals surface area contributed by atoms with Gasteiger partial charge in [0.15, 0.2) is 0 Å². The topological polar surface area (TPSA) is 150 Å². The fraction of sp³-hybridized carbons (Fsp3) is 0.667. The Bertz CT molecular complexity index is 673. The van der Waals surface area contributed by atoms with Crippen molar-refractivity contribution in [3.05, 3.63) is 67.1 Å². The highest BCUT2D eigenvalue weighted by molar-refractivity contribution is 4.79. The standard InChI is InChI=1S/2C9H17N2.2NO3/c2*1-4-5-6-11-8-7-10(3)9(11)2;2*2-1(3)4/h2*7-8H,4-6H2,1-3H3;;/q2*+1;2*-1. The monoisotopic (exact) mass is 430 g/mol. The second-order valence-electron chi connectivity index (χ2n) is 6.45. The number of imidazole rings is 2. The minimum Gasteiger partial charge on any atom is -0.356 e. The van der Waals surface area contributed by atoms with Crippen LogP contribution >= 0.6 is 0 Å². The van der Waals surface area contributed by atoms with Crippen LogP contribution in [0.3, 0.4) is 0 Å². The first-order valence-corrected chi connectivity index (χ1v) is 9.63. The Morgan fingerprint density at radius 2 is 1.03 bits per heavy atom. The third-order valence-electron chi connectivity index (χ3n) is 4.30. The second kappa shape index (κ2) is 16.7. The molecular weight excluding hydrogens is 396 g/mol. The summed E-state index contributed by atoms with van der Waals surface area (Å²) in [5, 5.41) is 29.5. The average molecular weight is 431 g/mol. The van der Waals surface area contributed by atoms with Gasteiger partial charge < -0.3 is 30.6 Å². The maximum Gasteiger partial charge on any atom is 0.253 e. The molecular formula is C18H34N6O6. The van der Waals surface area contributed by atoms with Crippen molar-refractivity contribution in [2.24, 2.45) is 14.1 Å². The average Bonchev–Trinajstić information content (AvgIpc) is 3.14. The van der Waals surface area contributed by atoms with Gasteiger partial charge in [-0.3, -0.25) is 0 Å². The minimum absolute atomic E-state index is 1.16. The molecule has 30 heavy (non-hydrogen) atoms. The first-order chi connectivity index (χ1) is 14.0. The van der Waals surface area contributed by atoms with Gasteiger partial charge >= 0.3 is 0 Å². The number of unbranched alkanes of at least 4 members (excludes halogenated alkanes) is 2. The van der Waals surface area contributed by atoms with Crippen molar-refractivity contribution in [3.63, 3.8) is 0 Å². The molecule has 2 aromatic heterocycles. The molecule has 2 aromatic rings. The van der Waals surface area contributed by atoms with Gasteiger partial charge in [0, 0.05) is 13.8 Å². The van der Waals surface area contributed by atoms with Crippen molar-refractivity contribution in [3.8, 4) is 0 Å². The summed E-state index contributed by atoms with van der Waals surface area (Å²) in [6, 6.07) is 0. The molecule has 0 aliphatic carbocycles. The Balaban J connectivity index is 0. The molecule has 0 bridgehead atoms. The van der Waals surface area contributed by atoms with Crippen molar-refractivity contribution < 1.29 is 19.3 Å². The number of rotatable bonds is 6. The van der Waals surface area contributed by atoms with E-state index in [1.54, 1.807) is 0 Å². The van der Waals surface area contributed by atoms with Gasteiger partial charge in [0.25, 0.3) is 11.6 Å². The molecule has 0 radical (unpaired) electrons. The molecule has 12 nitrogen and oxygen atoms in total. The lowest BCUT2D eigenvalue weighted by atomic mass is 10.3. The van der Waals surface area contributed by atoms with Crippen LogP contribution in [0, 0.1) is 44.5 Å². The Morgan fingerprint density at radius 1 is 0.767 bits per heavy atom. The largest absolute Gasteiger partial charge is 0.356 e. The van der Waals surface area contributed by atoms with Crippen LogP contribution in [0.5, 0.6) is 0 Å². The highest BCUT2D eigenvalue weighted by Crippen LogP contribution is 1.97. The molecule has 0 N–H and O–H groups in total. The predicted octanol–water partition coefficient (Wildman–Crippen LogP) is 2.36. The van der Waals surface area contributed by atoms with Gasteiger partial charge in [-0.2, -0.15) is 0 Å². The zero-order chi connectivity index (χ0) is 23.7. The molecule has 0 saturated carbocycles. The quantitative estimate of drug-likeness (QED) is 0.390. The number of hydrogen-bond donors (Lipinski definition) is 0. The predicted molar refractivity (Wildman–Crippen MR) is 111 cm³/mol. The van der Waals surface area contributed by atoms with Crippen LogP contribution < -0.4 is 9.13 Å². The number of nitrogens with zero attached hydrogens (tertiary/aromatic N) is 6. The summed E-state index contributed by atoms with van der Waals surface area (Å²) in [7, 11) is 4.16. The molecule has 2 heterocycles. The van der Waals surface area contributed by atoms with Crippen molar-refractivity contribution in [1.82, 2.24) is 9.13 Å². The molecule has 2 rings (SSSR count). The third kappa shape index (κ3) is 14.8. The van der Waals surface area contributed by atoms with E-state index in [9.17, 15) is 0 Å². The van der Waals surface area contributed by atoms with E-state index < -0.39 is 10.2 Å². The Morgan fingerprint density at radius 3 is 1.20 bits per heavy atom. The van der Waals surface area contributed by atoms with E-state index in [0.717, 1.165) is 13.1 Å². The SMILES string of the molecule is CCCCn1cc[n+](C)c1C.CCCCn1cc[n+](C)c1C.O=[N+]([O-])[O-].O=[N+]([O-])[O-]. The summed E-state index contributed by atoms with van der Waals surface area (Å²) < 4.78 is 8.89. The van der Waals surface area contributed by atoms with Gasteiger partial charge in [0.2, 0.25) is 0 Å². The van der Waals surface area contributed by atoms with Crippen LogP contribution in [0.15, 0.2) is 24.8 Å². The first-order valence-electron chi connectivity index (χ1n) is 9.63. The van der Waals surface area contributed by atoms with Crippen LogP contribution in [-0.4, -0.2) is 19.3 Å². The Hall–Kier alpha value is -3.18. The lowest BCUT2D eigenvalue weighted by Crippen LogP contribution is -2.29. The molecule has 0 unspecified atom stereocenters. The van der Waals surface area contributed by atoms with Gasteiger partial charge in [0.05, 0.1) is 37.4 Å². The van der Waals surface area contributed by atoms with Crippen molar-refractivity contribution in [2.45, 2.75) is 66.5 Å². The maximum absolute atomic E-state index is 8.25. The fourth-order valence-corrected chi connectivity index (χ4v) is 2.33. The summed E-state index contributed by atoms with van der Waals surface area (Å²) in [5.74, 6) is 2.66. The molecule has 0 aromatic carbocycles. The Kier molecular flexibility index (Phi) is 16.2.